The van der Waals surface area contributed by atoms with Crippen molar-refractivity contribution in [2.75, 3.05) is 46.9 Å². The monoisotopic (exact) mass is 493 g/mol. The van der Waals surface area contributed by atoms with Gasteiger partial charge in [-0.2, -0.15) is 4.98 Å². The van der Waals surface area contributed by atoms with Crippen LogP contribution in [-0.4, -0.2) is 79.1 Å². The third kappa shape index (κ3) is 5.44. The number of carbonyl (C=O) groups is 1. The molecule has 0 spiro atoms. The fourth-order valence-corrected chi connectivity index (χ4v) is 4.79. The zero-order valence-corrected chi connectivity index (χ0v) is 20.8. The van der Waals surface area contributed by atoms with Crippen LogP contribution >= 0.6 is 0 Å². The van der Waals surface area contributed by atoms with Gasteiger partial charge in [0.2, 0.25) is 11.7 Å². The minimum atomic E-state index is -0.392. The standard InChI is InChI=1S/C26H31N5O5/c1-17-27-25(29-36-17)20-6-4-5-19(13-20)24-23(35-26(32)28-24)16-31-9-7-30(8-10-31)15-18-11-21(33-2)14-22(12-18)34-3/h4-6,11-14,23-24H,7-10,15-16H2,1-3H3,(H,28,32). The lowest BCUT2D eigenvalue weighted by Crippen LogP contribution is -2.48. The number of aromatic nitrogens is 2. The molecule has 36 heavy (non-hydrogen) atoms. The number of piperazine rings is 1. The quantitative estimate of drug-likeness (QED) is 0.507. The highest BCUT2D eigenvalue weighted by Crippen LogP contribution is 2.29. The van der Waals surface area contributed by atoms with Crippen molar-refractivity contribution < 1.29 is 23.5 Å². The second kappa shape index (κ2) is 10.5. The summed E-state index contributed by atoms with van der Waals surface area (Å²) in [6.45, 7) is 6.88. The Bertz CT molecular complexity index is 1180. The van der Waals surface area contributed by atoms with Crippen LogP contribution in [0.15, 0.2) is 47.0 Å². The molecule has 2 aliphatic heterocycles. The summed E-state index contributed by atoms with van der Waals surface area (Å²) in [4.78, 5) is 21.3. The molecule has 10 heteroatoms. The fraction of sp³-hybridized carbons (Fsp3) is 0.423. The van der Waals surface area contributed by atoms with Crippen LogP contribution in [0.1, 0.15) is 23.1 Å². The number of amides is 1. The van der Waals surface area contributed by atoms with Gasteiger partial charge < -0.3 is 24.1 Å². The van der Waals surface area contributed by atoms with Gasteiger partial charge in [0.1, 0.15) is 17.6 Å². The van der Waals surface area contributed by atoms with Crippen molar-refractivity contribution >= 4 is 6.09 Å². The molecule has 5 rings (SSSR count). The van der Waals surface area contributed by atoms with Gasteiger partial charge in [-0.15, -0.1) is 0 Å². The van der Waals surface area contributed by atoms with E-state index in [1.807, 2.05) is 42.5 Å². The average Bonchev–Trinajstić information content (AvgIpc) is 3.50. The molecule has 2 unspecified atom stereocenters. The van der Waals surface area contributed by atoms with Crippen LogP contribution in [0.25, 0.3) is 11.4 Å². The number of alkyl carbamates (subject to hydrolysis) is 1. The van der Waals surface area contributed by atoms with Crippen molar-refractivity contribution in [2.45, 2.75) is 25.6 Å². The zero-order chi connectivity index (χ0) is 25.1. The van der Waals surface area contributed by atoms with E-state index in [1.54, 1.807) is 21.1 Å². The summed E-state index contributed by atoms with van der Waals surface area (Å²) in [5.41, 5.74) is 2.95. The van der Waals surface area contributed by atoms with Crippen molar-refractivity contribution in [2.24, 2.45) is 0 Å². The summed E-state index contributed by atoms with van der Waals surface area (Å²) in [6.07, 6.45) is -0.676. The third-order valence-electron chi connectivity index (χ3n) is 6.66. The number of methoxy groups -OCH3 is 2. The highest BCUT2D eigenvalue weighted by molar-refractivity contribution is 5.71. The molecule has 2 fully saturated rings. The lowest BCUT2D eigenvalue weighted by molar-refractivity contribution is 0.0655. The number of hydrogen-bond acceptors (Lipinski definition) is 9. The van der Waals surface area contributed by atoms with Gasteiger partial charge >= 0.3 is 6.09 Å². The van der Waals surface area contributed by atoms with E-state index in [0.29, 0.717) is 18.3 Å². The molecule has 0 aliphatic carbocycles. The van der Waals surface area contributed by atoms with E-state index in [2.05, 4.69) is 25.3 Å². The minimum Gasteiger partial charge on any atom is -0.497 e. The van der Waals surface area contributed by atoms with Crippen molar-refractivity contribution in [1.29, 1.82) is 0 Å². The van der Waals surface area contributed by atoms with Crippen LogP contribution in [0.4, 0.5) is 4.79 Å². The molecule has 1 amide bonds. The number of nitrogens with zero attached hydrogens (tertiary/aromatic N) is 4. The van der Waals surface area contributed by atoms with E-state index in [-0.39, 0.29) is 12.1 Å². The number of benzene rings is 2. The van der Waals surface area contributed by atoms with Crippen LogP contribution in [0.2, 0.25) is 0 Å². The lowest BCUT2D eigenvalue weighted by atomic mass is 9.99. The number of ether oxygens (including phenoxy) is 3. The molecule has 0 saturated carbocycles. The Morgan fingerprint density at radius 2 is 1.75 bits per heavy atom. The van der Waals surface area contributed by atoms with Gasteiger partial charge in [0.15, 0.2) is 0 Å². The maximum absolute atomic E-state index is 12.2. The number of aryl methyl sites for hydroxylation is 1. The van der Waals surface area contributed by atoms with E-state index >= 15 is 0 Å². The molecule has 2 aromatic carbocycles. The first-order chi connectivity index (χ1) is 17.5. The Hall–Kier alpha value is -3.63. The van der Waals surface area contributed by atoms with E-state index in [1.165, 1.54) is 0 Å². The summed E-state index contributed by atoms with van der Waals surface area (Å²) < 4.78 is 21.6. The molecule has 1 N–H and O–H groups in total. The van der Waals surface area contributed by atoms with E-state index in [9.17, 15) is 4.79 Å². The van der Waals surface area contributed by atoms with Crippen LogP contribution in [0, 0.1) is 6.92 Å². The summed E-state index contributed by atoms with van der Waals surface area (Å²) in [5.74, 6) is 2.63. The van der Waals surface area contributed by atoms with Crippen molar-refractivity contribution in [1.82, 2.24) is 25.3 Å². The van der Waals surface area contributed by atoms with Gasteiger partial charge in [0.05, 0.1) is 20.3 Å². The predicted octanol–water partition coefficient (Wildman–Crippen LogP) is 3.03. The Balaban J connectivity index is 1.20. The molecule has 2 saturated heterocycles. The lowest BCUT2D eigenvalue weighted by Gasteiger charge is -2.36. The second-order valence-corrected chi connectivity index (χ2v) is 9.13. The highest BCUT2D eigenvalue weighted by atomic mass is 16.6. The first kappa shape index (κ1) is 24.1. The van der Waals surface area contributed by atoms with Crippen LogP contribution < -0.4 is 14.8 Å². The van der Waals surface area contributed by atoms with Gasteiger partial charge in [0.25, 0.3) is 0 Å². The summed E-state index contributed by atoms with van der Waals surface area (Å²) in [6, 6.07) is 13.6. The van der Waals surface area contributed by atoms with E-state index in [4.69, 9.17) is 18.7 Å². The summed E-state index contributed by atoms with van der Waals surface area (Å²) in [5, 5.41) is 6.98. The molecule has 10 nitrogen and oxygen atoms in total. The smallest absolute Gasteiger partial charge is 0.408 e. The largest absolute Gasteiger partial charge is 0.497 e. The van der Waals surface area contributed by atoms with Gasteiger partial charge in [-0.3, -0.25) is 9.80 Å². The normalized spacial score (nSPS) is 20.7. The molecule has 3 aromatic rings. The Morgan fingerprint density at radius 3 is 2.42 bits per heavy atom. The molecular formula is C26H31N5O5. The van der Waals surface area contributed by atoms with Gasteiger partial charge in [0, 0.05) is 57.8 Å². The number of nitrogens with one attached hydrogen (secondary N) is 1. The van der Waals surface area contributed by atoms with Crippen LogP contribution in [0.5, 0.6) is 11.5 Å². The molecule has 2 atom stereocenters. The third-order valence-corrected chi connectivity index (χ3v) is 6.66. The molecule has 1 aromatic heterocycles. The maximum Gasteiger partial charge on any atom is 0.408 e. The Morgan fingerprint density at radius 1 is 1.03 bits per heavy atom. The molecule has 2 aliphatic rings. The first-order valence-electron chi connectivity index (χ1n) is 12.0. The number of carbonyl (C=O) groups excluding carboxylic acids is 1. The van der Waals surface area contributed by atoms with Gasteiger partial charge in [-0.25, -0.2) is 4.79 Å². The van der Waals surface area contributed by atoms with Crippen LogP contribution in [-0.2, 0) is 11.3 Å². The molecular weight excluding hydrogens is 462 g/mol. The number of hydrogen-bond donors (Lipinski definition) is 1. The Labute approximate surface area is 210 Å². The molecule has 3 heterocycles. The van der Waals surface area contributed by atoms with Crippen molar-refractivity contribution in [3.63, 3.8) is 0 Å². The molecule has 0 bridgehead atoms. The number of rotatable bonds is 8. The summed E-state index contributed by atoms with van der Waals surface area (Å²) >= 11 is 0. The van der Waals surface area contributed by atoms with Crippen LogP contribution in [0.3, 0.4) is 0 Å². The fourth-order valence-electron chi connectivity index (χ4n) is 4.79. The maximum atomic E-state index is 12.2. The Kier molecular flexibility index (Phi) is 7.06. The average molecular weight is 494 g/mol. The minimum absolute atomic E-state index is 0.243. The summed E-state index contributed by atoms with van der Waals surface area (Å²) in [7, 11) is 3.33. The molecule has 190 valence electrons. The zero-order valence-electron chi connectivity index (χ0n) is 20.8. The topological polar surface area (TPSA) is 102 Å². The van der Waals surface area contributed by atoms with Gasteiger partial charge in [-0.05, 0) is 29.3 Å². The SMILES string of the molecule is COc1cc(CN2CCN(CC3OC(=O)NC3c3cccc(-c4noc(C)n4)c3)CC2)cc(OC)c1. The van der Waals surface area contributed by atoms with Crippen molar-refractivity contribution in [3.05, 3.63) is 59.5 Å². The highest BCUT2D eigenvalue weighted by Gasteiger charge is 2.37. The second-order valence-electron chi connectivity index (χ2n) is 9.13. The predicted molar refractivity (Wildman–Crippen MR) is 132 cm³/mol. The molecule has 0 radical (unpaired) electrons. The van der Waals surface area contributed by atoms with Gasteiger partial charge in [-0.1, -0.05) is 23.4 Å². The number of cyclic esters (lactones) is 1. The first-order valence-corrected chi connectivity index (χ1v) is 12.0. The van der Waals surface area contributed by atoms with E-state index in [0.717, 1.165) is 60.9 Å². The van der Waals surface area contributed by atoms with Crippen molar-refractivity contribution in [3.8, 4) is 22.9 Å². The van der Waals surface area contributed by atoms with E-state index < -0.39 is 6.09 Å².